The van der Waals surface area contributed by atoms with Crippen molar-refractivity contribution in [1.82, 2.24) is 4.98 Å². The molecule has 0 aliphatic rings. The summed E-state index contributed by atoms with van der Waals surface area (Å²) in [5.74, 6) is 0. The van der Waals surface area contributed by atoms with Crippen molar-refractivity contribution in [3.63, 3.8) is 0 Å². The fourth-order valence-corrected chi connectivity index (χ4v) is 3.47. The summed E-state index contributed by atoms with van der Waals surface area (Å²) in [6.07, 6.45) is 0. The number of anilines is 2. The Kier molecular flexibility index (Phi) is 4.64. The van der Waals surface area contributed by atoms with Crippen LogP contribution in [0.5, 0.6) is 0 Å². The Bertz CT molecular complexity index is 1060. The number of aryl methyl sites for hydroxylation is 2. The van der Waals surface area contributed by atoms with Crippen LogP contribution in [0.3, 0.4) is 0 Å². The van der Waals surface area contributed by atoms with E-state index in [0.29, 0.717) is 0 Å². The third kappa shape index (κ3) is 3.43. The first-order chi connectivity index (χ1) is 13.2. The molecule has 4 rings (SSSR count). The molecule has 0 aliphatic heterocycles. The molecule has 2 nitrogen and oxygen atoms in total. The summed E-state index contributed by atoms with van der Waals surface area (Å²) in [6, 6.07) is 27.9. The maximum absolute atomic E-state index is 4.93. The zero-order valence-corrected chi connectivity index (χ0v) is 16.1. The molecule has 3 aromatic carbocycles. The first kappa shape index (κ1) is 17.3. The largest absolute Gasteiger partial charge is 0.341 e. The van der Waals surface area contributed by atoms with Crippen LogP contribution in [0.4, 0.5) is 11.4 Å². The van der Waals surface area contributed by atoms with Gasteiger partial charge in [-0.1, -0.05) is 65.7 Å². The van der Waals surface area contributed by atoms with Gasteiger partial charge in [-0.25, -0.2) is 4.98 Å². The summed E-state index contributed by atoms with van der Waals surface area (Å²) in [5.41, 5.74) is 8.11. The molecule has 0 aliphatic carbocycles. The second kappa shape index (κ2) is 7.24. The Morgan fingerprint density at radius 3 is 2.07 bits per heavy atom. The summed E-state index contributed by atoms with van der Waals surface area (Å²) >= 11 is 0. The van der Waals surface area contributed by atoms with Gasteiger partial charge in [0.25, 0.3) is 0 Å². The quantitative estimate of drug-likeness (QED) is 0.407. The number of pyridine rings is 1. The molecular weight excluding hydrogens is 328 g/mol. The zero-order chi connectivity index (χ0) is 18.8. The van der Waals surface area contributed by atoms with Crippen LogP contribution in [0.25, 0.3) is 22.2 Å². The fraction of sp³-hybridized carbons (Fsp3) is 0.160. The zero-order valence-electron chi connectivity index (χ0n) is 16.1. The van der Waals surface area contributed by atoms with Crippen molar-refractivity contribution in [1.29, 1.82) is 0 Å². The van der Waals surface area contributed by atoms with Crippen LogP contribution in [0.15, 0.2) is 78.9 Å². The van der Waals surface area contributed by atoms with Crippen molar-refractivity contribution in [3.05, 3.63) is 90.0 Å². The second-order valence-electron chi connectivity index (χ2n) is 6.99. The summed E-state index contributed by atoms with van der Waals surface area (Å²) in [6.45, 7) is 7.32. The van der Waals surface area contributed by atoms with Gasteiger partial charge in [0.2, 0.25) is 0 Å². The highest BCUT2D eigenvalue weighted by molar-refractivity contribution is 5.96. The molecule has 134 valence electrons. The van der Waals surface area contributed by atoms with Gasteiger partial charge in [-0.3, -0.25) is 0 Å². The third-order valence-corrected chi connectivity index (χ3v) is 4.99. The lowest BCUT2D eigenvalue weighted by atomic mass is 10.0. The molecule has 0 N–H and O–H groups in total. The molecule has 0 saturated heterocycles. The van der Waals surface area contributed by atoms with E-state index in [4.69, 9.17) is 4.98 Å². The van der Waals surface area contributed by atoms with Crippen molar-refractivity contribution in [2.75, 3.05) is 11.4 Å². The standard InChI is InChI=1S/C25H24N2/c1-4-27(21-15-11-19(3)12-16-21)25-17-24(20-13-9-18(2)10-14-20)26-23-8-6-5-7-22(23)25/h5-17H,4H2,1-3H3. The van der Waals surface area contributed by atoms with E-state index in [9.17, 15) is 0 Å². The first-order valence-electron chi connectivity index (χ1n) is 9.47. The second-order valence-corrected chi connectivity index (χ2v) is 6.99. The smallest absolute Gasteiger partial charge is 0.0730 e. The maximum Gasteiger partial charge on any atom is 0.0730 e. The lowest BCUT2D eigenvalue weighted by Gasteiger charge is -2.25. The van der Waals surface area contributed by atoms with E-state index >= 15 is 0 Å². The van der Waals surface area contributed by atoms with E-state index in [1.54, 1.807) is 0 Å². The molecule has 0 unspecified atom stereocenters. The van der Waals surface area contributed by atoms with Gasteiger partial charge in [-0.15, -0.1) is 0 Å². The fourth-order valence-electron chi connectivity index (χ4n) is 3.47. The number of nitrogens with zero attached hydrogens (tertiary/aromatic N) is 2. The van der Waals surface area contributed by atoms with Crippen molar-refractivity contribution < 1.29 is 0 Å². The molecule has 0 spiro atoms. The topological polar surface area (TPSA) is 16.1 Å². The van der Waals surface area contributed by atoms with Crippen molar-refractivity contribution in [2.45, 2.75) is 20.8 Å². The average Bonchev–Trinajstić information content (AvgIpc) is 2.70. The first-order valence-corrected chi connectivity index (χ1v) is 9.47. The molecule has 1 heterocycles. The molecule has 0 bridgehead atoms. The molecule has 27 heavy (non-hydrogen) atoms. The van der Waals surface area contributed by atoms with E-state index in [0.717, 1.165) is 23.3 Å². The highest BCUT2D eigenvalue weighted by Crippen LogP contribution is 2.35. The minimum absolute atomic E-state index is 0.893. The van der Waals surface area contributed by atoms with Crippen molar-refractivity contribution in [3.8, 4) is 11.3 Å². The average molecular weight is 352 g/mol. The monoisotopic (exact) mass is 352 g/mol. The third-order valence-electron chi connectivity index (χ3n) is 4.99. The SMILES string of the molecule is CCN(c1ccc(C)cc1)c1cc(-c2ccc(C)cc2)nc2ccccc12. The van der Waals surface area contributed by atoms with Crippen LogP contribution in [0, 0.1) is 13.8 Å². The lowest BCUT2D eigenvalue weighted by Crippen LogP contribution is -2.16. The van der Waals surface area contributed by atoms with Crippen LogP contribution in [-0.2, 0) is 0 Å². The predicted octanol–water partition coefficient (Wildman–Crippen LogP) is 6.68. The number of hydrogen-bond acceptors (Lipinski definition) is 2. The van der Waals surface area contributed by atoms with Crippen molar-refractivity contribution >= 4 is 22.3 Å². The van der Waals surface area contributed by atoms with E-state index < -0.39 is 0 Å². The van der Waals surface area contributed by atoms with Gasteiger partial charge >= 0.3 is 0 Å². The summed E-state index contributed by atoms with van der Waals surface area (Å²) in [5, 5.41) is 1.18. The van der Waals surface area contributed by atoms with Crippen LogP contribution in [-0.4, -0.2) is 11.5 Å². The molecule has 4 aromatic rings. The number of rotatable bonds is 4. The number of hydrogen-bond donors (Lipinski definition) is 0. The van der Waals surface area contributed by atoms with Gasteiger partial charge in [0.05, 0.1) is 16.9 Å². The Morgan fingerprint density at radius 2 is 1.41 bits per heavy atom. The van der Waals surface area contributed by atoms with Crippen LogP contribution in [0.2, 0.25) is 0 Å². The van der Waals surface area contributed by atoms with Gasteiger partial charge < -0.3 is 4.90 Å². The van der Waals surface area contributed by atoms with Gasteiger partial charge in [0.1, 0.15) is 0 Å². The Morgan fingerprint density at radius 1 is 0.778 bits per heavy atom. The molecule has 0 amide bonds. The van der Waals surface area contributed by atoms with Gasteiger partial charge in [0, 0.05) is 23.2 Å². The minimum atomic E-state index is 0.893. The Balaban J connectivity index is 1.92. The minimum Gasteiger partial charge on any atom is -0.341 e. The van der Waals surface area contributed by atoms with E-state index in [1.807, 2.05) is 0 Å². The molecule has 0 radical (unpaired) electrons. The van der Waals surface area contributed by atoms with Crippen LogP contribution in [0.1, 0.15) is 18.1 Å². The molecule has 0 atom stereocenters. The highest BCUT2D eigenvalue weighted by atomic mass is 15.1. The summed E-state index contributed by atoms with van der Waals surface area (Å²) < 4.78 is 0. The number of fused-ring (bicyclic) bond motifs is 1. The number of para-hydroxylation sites is 1. The molecule has 0 saturated carbocycles. The predicted molar refractivity (Wildman–Crippen MR) is 116 cm³/mol. The van der Waals surface area contributed by atoms with Crippen LogP contribution >= 0.6 is 0 Å². The molecule has 1 aromatic heterocycles. The van der Waals surface area contributed by atoms with E-state index in [2.05, 4.69) is 105 Å². The Hall–Kier alpha value is -3.13. The van der Waals surface area contributed by atoms with Gasteiger partial charge in [0.15, 0.2) is 0 Å². The number of aromatic nitrogens is 1. The van der Waals surface area contributed by atoms with Gasteiger partial charge in [-0.05, 0) is 45.0 Å². The number of benzene rings is 3. The van der Waals surface area contributed by atoms with Crippen LogP contribution < -0.4 is 4.90 Å². The molecule has 2 heteroatoms. The molecule has 0 fully saturated rings. The normalized spacial score (nSPS) is 10.9. The van der Waals surface area contributed by atoms with E-state index in [-0.39, 0.29) is 0 Å². The van der Waals surface area contributed by atoms with Crippen molar-refractivity contribution in [2.24, 2.45) is 0 Å². The maximum atomic E-state index is 4.93. The Labute approximate surface area is 161 Å². The highest BCUT2D eigenvalue weighted by Gasteiger charge is 2.14. The van der Waals surface area contributed by atoms with E-state index in [1.165, 1.54) is 27.9 Å². The van der Waals surface area contributed by atoms with Gasteiger partial charge in [-0.2, -0.15) is 0 Å². The molecular formula is C25H24N2. The summed E-state index contributed by atoms with van der Waals surface area (Å²) in [4.78, 5) is 7.30. The lowest BCUT2D eigenvalue weighted by molar-refractivity contribution is 1.03. The summed E-state index contributed by atoms with van der Waals surface area (Å²) in [7, 11) is 0.